The topological polar surface area (TPSA) is 35.5 Å². The van der Waals surface area contributed by atoms with E-state index in [1.165, 1.54) is 17.2 Å². The number of rotatable bonds is 10. The summed E-state index contributed by atoms with van der Waals surface area (Å²) in [6.45, 7) is 8.95. The number of ether oxygens (including phenoxy) is 2. The highest BCUT2D eigenvalue weighted by molar-refractivity contribution is 5.75. The maximum atomic E-state index is 14.0. The number of benzene rings is 3. The lowest BCUT2D eigenvalue weighted by molar-refractivity contribution is -0.117. The van der Waals surface area contributed by atoms with Crippen molar-refractivity contribution >= 4 is 5.78 Å². The minimum absolute atomic E-state index is 0.143. The summed E-state index contributed by atoms with van der Waals surface area (Å²) in [5, 5.41) is 0. The molecule has 0 aromatic heterocycles. The molecule has 0 atom stereocenters. The molecule has 38 heavy (non-hydrogen) atoms. The first-order chi connectivity index (χ1) is 18.2. The van der Waals surface area contributed by atoms with Gasteiger partial charge in [0.15, 0.2) is 0 Å². The number of halogens is 1. The van der Waals surface area contributed by atoms with Crippen LogP contribution in [0.1, 0.15) is 82.9 Å². The summed E-state index contributed by atoms with van der Waals surface area (Å²) in [6, 6.07) is 21.5. The number of Topliss-reactive ketones (excluding diaryl/α,β-unsaturated/α-hetero) is 1. The molecule has 202 valence electrons. The first-order valence-corrected chi connectivity index (χ1v) is 13.9. The zero-order valence-electron chi connectivity index (χ0n) is 23.3. The van der Waals surface area contributed by atoms with Crippen LogP contribution >= 0.6 is 0 Å². The van der Waals surface area contributed by atoms with Crippen LogP contribution in [-0.2, 0) is 28.0 Å². The van der Waals surface area contributed by atoms with Gasteiger partial charge in [0.05, 0.1) is 18.8 Å². The second-order valence-corrected chi connectivity index (χ2v) is 11.7. The lowest BCUT2D eigenvalue weighted by atomic mass is 9.87. The Bertz CT molecular complexity index is 1200. The monoisotopic (exact) mass is 516 g/mol. The van der Waals surface area contributed by atoms with Gasteiger partial charge < -0.3 is 14.3 Å². The van der Waals surface area contributed by atoms with E-state index in [1.54, 1.807) is 19.1 Å². The van der Waals surface area contributed by atoms with Gasteiger partial charge in [-0.2, -0.15) is 0 Å². The van der Waals surface area contributed by atoms with Crippen LogP contribution in [0.15, 0.2) is 66.7 Å². The van der Waals surface area contributed by atoms with Gasteiger partial charge in [-0.15, -0.1) is 0 Å². The molecule has 0 heterocycles. The quantitative estimate of drug-likeness (QED) is 0.271. The Balaban J connectivity index is 1.33. The Morgan fingerprint density at radius 3 is 2.29 bits per heavy atom. The molecule has 1 aliphatic carbocycles. The summed E-state index contributed by atoms with van der Waals surface area (Å²) in [7, 11) is 0. The average Bonchev–Trinajstić information content (AvgIpc) is 2.88. The van der Waals surface area contributed by atoms with Crippen molar-refractivity contribution in [1.82, 2.24) is 0 Å². The minimum Gasteiger partial charge on any atom is -0.490 e. The molecular formula is C34H41FO3. The third-order valence-electron chi connectivity index (χ3n) is 7.42. The van der Waals surface area contributed by atoms with E-state index in [4.69, 9.17) is 9.47 Å². The highest BCUT2D eigenvalue weighted by Gasteiger charge is 2.23. The smallest absolute Gasteiger partial charge is 0.129 e. The standard InChI is InChI=1S/C34H41FO3/c1-24(36)7-5-8-26-13-16-32(22-33(26)27-9-6-10-29(35)21-27)38-31-19-17-30(18-20-31)37-23-25-11-14-28(15-12-25)34(2,3)4/h6,9-16,21-22,30-31H,5,7-8,17-20,23H2,1-4H3. The molecule has 0 radical (unpaired) electrons. The van der Waals surface area contributed by atoms with Crippen LogP contribution in [0, 0.1) is 5.82 Å². The van der Waals surface area contributed by atoms with Crippen molar-refractivity contribution in [3.63, 3.8) is 0 Å². The molecule has 0 saturated heterocycles. The van der Waals surface area contributed by atoms with Crippen molar-refractivity contribution in [3.8, 4) is 16.9 Å². The van der Waals surface area contributed by atoms with Crippen molar-refractivity contribution < 1.29 is 18.7 Å². The van der Waals surface area contributed by atoms with Crippen LogP contribution in [0.25, 0.3) is 11.1 Å². The molecule has 0 aliphatic heterocycles. The summed E-state index contributed by atoms with van der Waals surface area (Å²) in [6.07, 6.45) is 6.35. The minimum atomic E-state index is -0.257. The molecule has 1 saturated carbocycles. The summed E-state index contributed by atoms with van der Waals surface area (Å²) < 4.78 is 26.6. The molecule has 3 aromatic carbocycles. The number of hydrogen-bond acceptors (Lipinski definition) is 3. The largest absolute Gasteiger partial charge is 0.490 e. The van der Waals surface area contributed by atoms with Gasteiger partial charge in [0.25, 0.3) is 0 Å². The Hall–Kier alpha value is -2.98. The van der Waals surface area contributed by atoms with Crippen LogP contribution in [0.4, 0.5) is 4.39 Å². The maximum absolute atomic E-state index is 14.0. The molecule has 1 fully saturated rings. The van der Waals surface area contributed by atoms with Gasteiger partial charge >= 0.3 is 0 Å². The zero-order chi connectivity index (χ0) is 27.1. The molecule has 4 heteroatoms. The van der Waals surface area contributed by atoms with Crippen LogP contribution in [0.5, 0.6) is 5.75 Å². The lowest BCUT2D eigenvalue weighted by Gasteiger charge is -2.29. The van der Waals surface area contributed by atoms with Crippen molar-refractivity contribution in [2.45, 2.75) is 96.9 Å². The van der Waals surface area contributed by atoms with E-state index in [0.29, 0.717) is 13.0 Å². The van der Waals surface area contributed by atoms with Crippen molar-refractivity contribution in [3.05, 3.63) is 89.2 Å². The summed E-state index contributed by atoms with van der Waals surface area (Å²) in [4.78, 5) is 11.4. The number of carbonyl (C=O) groups is 1. The van der Waals surface area contributed by atoms with Crippen LogP contribution in [0.3, 0.4) is 0 Å². The van der Waals surface area contributed by atoms with E-state index in [-0.39, 0.29) is 29.2 Å². The molecule has 0 amide bonds. The number of hydrogen-bond donors (Lipinski definition) is 0. The van der Waals surface area contributed by atoms with Gasteiger partial charge in [0, 0.05) is 6.42 Å². The molecule has 4 rings (SSSR count). The number of ketones is 1. The van der Waals surface area contributed by atoms with Gasteiger partial charge in [-0.1, -0.05) is 63.2 Å². The third kappa shape index (κ3) is 8.01. The predicted molar refractivity (Wildman–Crippen MR) is 152 cm³/mol. The molecule has 0 unspecified atom stereocenters. The SMILES string of the molecule is CC(=O)CCCc1ccc(OC2CCC(OCc3ccc(C(C)(C)C)cc3)CC2)cc1-c1cccc(F)c1. The molecule has 0 bridgehead atoms. The Kier molecular flexibility index (Phi) is 9.38. The molecular weight excluding hydrogens is 475 g/mol. The van der Waals surface area contributed by atoms with Gasteiger partial charge in [-0.25, -0.2) is 4.39 Å². The van der Waals surface area contributed by atoms with Crippen molar-refractivity contribution in [1.29, 1.82) is 0 Å². The summed E-state index contributed by atoms with van der Waals surface area (Å²) in [5.41, 5.74) is 5.62. The van der Waals surface area contributed by atoms with Crippen molar-refractivity contribution in [2.24, 2.45) is 0 Å². The zero-order valence-corrected chi connectivity index (χ0v) is 23.3. The van der Waals surface area contributed by atoms with Crippen LogP contribution in [-0.4, -0.2) is 18.0 Å². The van der Waals surface area contributed by atoms with Crippen LogP contribution < -0.4 is 4.74 Å². The fourth-order valence-electron chi connectivity index (χ4n) is 5.12. The van der Waals surface area contributed by atoms with E-state index < -0.39 is 0 Å². The molecule has 1 aliphatic rings. The van der Waals surface area contributed by atoms with E-state index in [0.717, 1.165) is 61.0 Å². The predicted octanol–water partition coefficient (Wildman–Crippen LogP) is 8.61. The van der Waals surface area contributed by atoms with Gasteiger partial charge in [-0.3, -0.25) is 0 Å². The highest BCUT2D eigenvalue weighted by atomic mass is 19.1. The lowest BCUT2D eigenvalue weighted by Crippen LogP contribution is -2.28. The second kappa shape index (κ2) is 12.7. The van der Waals surface area contributed by atoms with Crippen LogP contribution in [0.2, 0.25) is 0 Å². The van der Waals surface area contributed by atoms with Gasteiger partial charge in [0.2, 0.25) is 0 Å². The Morgan fingerprint density at radius 1 is 0.921 bits per heavy atom. The maximum Gasteiger partial charge on any atom is 0.129 e. The Labute approximate surface area is 227 Å². The fourth-order valence-corrected chi connectivity index (χ4v) is 5.12. The van der Waals surface area contributed by atoms with E-state index >= 15 is 0 Å². The summed E-state index contributed by atoms with van der Waals surface area (Å²) >= 11 is 0. The normalized spacial score (nSPS) is 17.8. The Morgan fingerprint density at radius 2 is 1.63 bits per heavy atom. The molecule has 0 spiro atoms. The van der Waals surface area contributed by atoms with Gasteiger partial charge in [-0.05, 0) is 103 Å². The second-order valence-electron chi connectivity index (χ2n) is 11.7. The summed E-state index contributed by atoms with van der Waals surface area (Å²) in [5.74, 6) is 0.741. The number of carbonyl (C=O) groups excluding carboxylic acids is 1. The van der Waals surface area contributed by atoms with E-state index in [9.17, 15) is 9.18 Å². The third-order valence-corrected chi connectivity index (χ3v) is 7.42. The molecule has 0 N–H and O–H groups in total. The molecule has 3 aromatic rings. The van der Waals surface area contributed by atoms with Crippen molar-refractivity contribution in [2.75, 3.05) is 0 Å². The first-order valence-electron chi connectivity index (χ1n) is 13.9. The highest BCUT2D eigenvalue weighted by Crippen LogP contribution is 2.32. The van der Waals surface area contributed by atoms with E-state index in [1.807, 2.05) is 18.2 Å². The van der Waals surface area contributed by atoms with Gasteiger partial charge in [0.1, 0.15) is 17.3 Å². The number of aryl methyl sites for hydroxylation is 1. The fraction of sp³-hybridized carbons (Fsp3) is 0.441. The molecule has 3 nitrogen and oxygen atoms in total. The van der Waals surface area contributed by atoms with E-state index in [2.05, 4.69) is 51.1 Å². The first kappa shape index (κ1) is 28.0. The average molecular weight is 517 g/mol.